The van der Waals surface area contributed by atoms with Crippen LogP contribution in [0.15, 0.2) is 66.7 Å². The van der Waals surface area contributed by atoms with Crippen molar-refractivity contribution in [2.75, 3.05) is 18.4 Å². The average Bonchev–Trinajstić information content (AvgIpc) is 3.46. The second-order valence-electron chi connectivity index (χ2n) is 11.9. The number of hydrogen-bond acceptors (Lipinski definition) is 3. The highest BCUT2D eigenvalue weighted by atomic mass is 19.4. The molecule has 0 saturated carbocycles. The molecule has 0 aliphatic carbocycles. The van der Waals surface area contributed by atoms with Gasteiger partial charge in [-0.25, -0.2) is 0 Å². The van der Waals surface area contributed by atoms with Crippen LogP contribution >= 0.6 is 0 Å². The van der Waals surface area contributed by atoms with Crippen molar-refractivity contribution in [3.63, 3.8) is 0 Å². The molecule has 3 atom stereocenters. The Labute approximate surface area is 258 Å². The summed E-state index contributed by atoms with van der Waals surface area (Å²) in [7, 11) is 0. The van der Waals surface area contributed by atoms with Crippen LogP contribution in [0.1, 0.15) is 69.9 Å². The van der Waals surface area contributed by atoms with E-state index in [1.165, 1.54) is 24.0 Å². The van der Waals surface area contributed by atoms with Crippen molar-refractivity contribution in [1.29, 1.82) is 0 Å². The predicted molar refractivity (Wildman–Crippen MR) is 158 cm³/mol. The normalized spacial score (nSPS) is 21.2. The van der Waals surface area contributed by atoms with Crippen LogP contribution in [0.2, 0.25) is 0 Å². The van der Waals surface area contributed by atoms with E-state index in [1.807, 2.05) is 19.1 Å². The lowest BCUT2D eigenvalue weighted by Crippen LogP contribution is -2.46. The highest BCUT2D eigenvalue weighted by molar-refractivity contribution is 5.98. The topological polar surface area (TPSA) is 52.7 Å². The van der Waals surface area contributed by atoms with Crippen molar-refractivity contribution in [1.82, 2.24) is 9.80 Å². The van der Waals surface area contributed by atoms with E-state index < -0.39 is 41.8 Å². The van der Waals surface area contributed by atoms with E-state index in [2.05, 4.69) is 5.32 Å². The van der Waals surface area contributed by atoms with E-state index >= 15 is 0 Å². The third-order valence-electron chi connectivity index (χ3n) is 8.86. The fourth-order valence-electron chi connectivity index (χ4n) is 6.56. The van der Waals surface area contributed by atoms with Crippen molar-refractivity contribution < 1.29 is 35.9 Å². The van der Waals surface area contributed by atoms with E-state index in [0.29, 0.717) is 49.0 Å². The van der Waals surface area contributed by atoms with Gasteiger partial charge in [-0.3, -0.25) is 14.5 Å². The maximum atomic E-state index is 13.9. The second-order valence-corrected chi connectivity index (χ2v) is 11.9. The summed E-state index contributed by atoms with van der Waals surface area (Å²) in [4.78, 5) is 30.7. The van der Waals surface area contributed by atoms with Gasteiger partial charge in [0.05, 0.1) is 17.5 Å². The van der Waals surface area contributed by atoms with Crippen LogP contribution in [0.5, 0.6) is 0 Å². The first-order valence-corrected chi connectivity index (χ1v) is 15.0. The molecule has 0 radical (unpaired) electrons. The number of halogens is 6. The zero-order valence-electron chi connectivity index (χ0n) is 25.0. The molecular weight excluding hydrogens is 596 g/mol. The number of aryl methyl sites for hydroxylation is 2. The van der Waals surface area contributed by atoms with Gasteiger partial charge in [0.2, 0.25) is 5.91 Å². The first-order valence-electron chi connectivity index (χ1n) is 15.0. The number of carbonyl (C=O) groups excluding carboxylic acids is 2. The first kappa shape index (κ1) is 32.5. The summed E-state index contributed by atoms with van der Waals surface area (Å²) in [6.45, 7) is 3.96. The molecule has 11 heteroatoms. The molecule has 1 N–H and O–H groups in total. The zero-order chi connectivity index (χ0) is 32.5. The van der Waals surface area contributed by atoms with Crippen LogP contribution in [0.3, 0.4) is 0 Å². The SMILES string of the molecule is Cc1ccccc1C(=O)N1CCC[C@H](C(=O)Nc2ccc(C)c(C(F)(F)F)c2)[C@@H]1c1ccc(CN2CCC[C@@H]2C(F)(F)F)cc1. The van der Waals surface area contributed by atoms with Gasteiger partial charge in [-0.15, -0.1) is 0 Å². The lowest BCUT2D eigenvalue weighted by atomic mass is 9.83. The summed E-state index contributed by atoms with van der Waals surface area (Å²) >= 11 is 0. The fraction of sp³-hybridized carbons (Fsp3) is 0.412. The number of amides is 2. The summed E-state index contributed by atoms with van der Waals surface area (Å²) in [5.41, 5.74) is 1.70. The molecule has 2 amide bonds. The van der Waals surface area contributed by atoms with Gasteiger partial charge in [0.1, 0.15) is 6.04 Å². The van der Waals surface area contributed by atoms with Gasteiger partial charge < -0.3 is 10.2 Å². The number of anilines is 1. The Bertz CT molecular complexity index is 1540. The number of nitrogens with one attached hydrogen (secondary N) is 1. The smallest absolute Gasteiger partial charge is 0.331 e. The largest absolute Gasteiger partial charge is 0.416 e. The molecule has 0 spiro atoms. The molecule has 2 saturated heterocycles. The second kappa shape index (κ2) is 12.9. The highest BCUT2D eigenvalue weighted by Crippen LogP contribution is 2.40. The minimum Gasteiger partial charge on any atom is -0.331 e. The molecule has 0 bridgehead atoms. The molecule has 5 nitrogen and oxygen atoms in total. The van der Waals surface area contributed by atoms with Gasteiger partial charge in [0.15, 0.2) is 0 Å². The predicted octanol–water partition coefficient (Wildman–Crippen LogP) is 8.08. The summed E-state index contributed by atoms with van der Waals surface area (Å²) in [6.07, 6.45) is -7.50. The van der Waals surface area contributed by atoms with Crippen molar-refractivity contribution in [3.05, 3.63) is 100 Å². The quantitative estimate of drug-likeness (QED) is 0.280. The van der Waals surface area contributed by atoms with Crippen molar-refractivity contribution in [2.45, 2.75) is 70.5 Å². The molecular formula is C34H35F6N3O2. The van der Waals surface area contributed by atoms with E-state index in [4.69, 9.17) is 0 Å². The monoisotopic (exact) mass is 631 g/mol. The fourth-order valence-corrected chi connectivity index (χ4v) is 6.56. The molecule has 0 unspecified atom stereocenters. The van der Waals surface area contributed by atoms with Gasteiger partial charge in [0, 0.05) is 24.3 Å². The standard InChI is InChI=1S/C34H35F6N3O2/c1-21-7-3-4-8-26(21)32(45)43-18-5-9-27(31(44)41-25-16-11-22(2)28(19-25)33(35,36)37)30(43)24-14-12-23(13-15-24)20-42-17-6-10-29(42)34(38,39)40/h3-4,7-8,11-16,19,27,29-30H,5-6,9-10,17-18,20H2,1-2H3,(H,41,44)/t27-,29+,30-/m0/s1. The Kier molecular flexibility index (Phi) is 9.30. The Morgan fingerprint density at radius 3 is 2.20 bits per heavy atom. The van der Waals surface area contributed by atoms with E-state index in [9.17, 15) is 35.9 Å². The molecule has 0 aromatic heterocycles. The molecule has 3 aromatic carbocycles. The summed E-state index contributed by atoms with van der Waals surface area (Å²) in [5, 5.41) is 2.65. The van der Waals surface area contributed by atoms with Crippen LogP contribution in [-0.4, -0.2) is 46.9 Å². The molecule has 2 heterocycles. The van der Waals surface area contributed by atoms with Gasteiger partial charge in [0.25, 0.3) is 5.91 Å². The Balaban J connectivity index is 1.45. The van der Waals surface area contributed by atoms with Crippen LogP contribution in [-0.2, 0) is 17.5 Å². The summed E-state index contributed by atoms with van der Waals surface area (Å²) in [5.74, 6) is -1.59. The number of nitrogens with zero attached hydrogens (tertiary/aromatic N) is 2. The lowest BCUT2D eigenvalue weighted by Gasteiger charge is -2.41. The molecule has 5 rings (SSSR count). The van der Waals surface area contributed by atoms with Gasteiger partial charge in [-0.1, -0.05) is 48.5 Å². The van der Waals surface area contributed by atoms with Gasteiger partial charge in [-0.05, 0) is 86.5 Å². The molecule has 3 aromatic rings. The number of carbonyl (C=O) groups is 2. The number of hydrogen-bond donors (Lipinski definition) is 1. The third kappa shape index (κ3) is 7.19. The highest BCUT2D eigenvalue weighted by Gasteiger charge is 2.46. The minimum atomic E-state index is -4.59. The van der Waals surface area contributed by atoms with Crippen LogP contribution < -0.4 is 5.32 Å². The minimum absolute atomic E-state index is 0.000733. The van der Waals surface area contributed by atoms with Crippen LogP contribution in [0.25, 0.3) is 0 Å². The Hall–Kier alpha value is -3.86. The van der Waals surface area contributed by atoms with E-state index in [-0.39, 0.29) is 30.1 Å². The Morgan fingerprint density at radius 2 is 1.53 bits per heavy atom. The summed E-state index contributed by atoms with van der Waals surface area (Å²) in [6, 6.07) is 15.4. The molecule has 2 aliphatic rings. The molecule has 45 heavy (non-hydrogen) atoms. The third-order valence-corrected chi connectivity index (χ3v) is 8.86. The number of likely N-dealkylation sites (tertiary alicyclic amines) is 2. The van der Waals surface area contributed by atoms with E-state index in [0.717, 1.165) is 11.6 Å². The van der Waals surface area contributed by atoms with Crippen molar-refractivity contribution in [2.24, 2.45) is 5.92 Å². The zero-order valence-corrected chi connectivity index (χ0v) is 25.0. The lowest BCUT2D eigenvalue weighted by molar-refractivity contribution is -0.177. The van der Waals surface area contributed by atoms with Crippen LogP contribution in [0.4, 0.5) is 32.0 Å². The molecule has 2 aliphatic heterocycles. The molecule has 2 fully saturated rings. The van der Waals surface area contributed by atoms with Crippen molar-refractivity contribution in [3.8, 4) is 0 Å². The summed E-state index contributed by atoms with van der Waals surface area (Å²) < 4.78 is 81.2. The van der Waals surface area contributed by atoms with E-state index in [1.54, 1.807) is 41.3 Å². The molecule has 240 valence electrons. The van der Waals surface area contributed by atoms with Gasteiger partial charge >= 0.3 is 12.4 Å². The maximum Gasteiger partial charge on any atom is 0.416 e. The van der Waals surface area contributed by atoms with Crippen LogP contribution in [0, 0.1) is 19.8 Å². The number of rotatable bonds is 6. The van der Waals surface area contributed by atoms with Crippen molar-refractivity contribution >= 4 is 17.5 Å². The number of piperidine rings is 1. The average molecular weight is 632 g/mol. The Morgan fingerprint density at radius 1 is 0.844 bits per heavy atom. The number of alkyl halides is 6. The maximum absolute atomic E-state index is 13.9. The first-order chi connectivity index (χ1) is 21.2. The number of benzene rings is 3. The van der Waals surface area contributed by atoms with Gasteiger partial charge in [-0.2, -0.15) is 26.3 Å².